The number of rotatable bonds is 6. The molecule has 0 aliphatic rings. The van der Waals surface area contributed by atoms with Crippen LogP contribution >= 0.6 is 11.8 Å². The average Bonchev–Trinajstić information content (AvgIpc) is 2.82. The van der Waals surface area contributed by atoms with Crippen LogP contribution in [-0.2, 0) is 5.04 Å². The maximum absolute atomic E-state index is 8.37. The molecule has 0 bridgehead atoms. The van der Waals surface area contributed by atoms with Gasteiger partial charge < -0.3 is 15.2 Å². The normalized spacial score (nSPS) is 11.7. The highest BCUT2D eigenvalue weighted by Crippen LogP contribution is 2.26. The highest BCUT2D eigenvalue weighted by Gasteiger charge is 2.10. The van der Waals surface area contributed by atoms with Crippen LogP contribution in [0.15, 0.2) is 41.5 Å². The van der Waals surface area contributed by atoms with Gasteiger partial charge in [-0.25, -0.2) is 10.2 Å². The molecule has 106 valence electrons. The number of nitrogens with zero attached hydrogens (tertiary/aromatic N) is 1. The number of nitrogens with one attached hydrogen (secondary N) is 2. The van der Waals surface area contributed by atoms with Crippen molar-refractivity contribution in [1.82, 2.24) is 9.97 Å². The van der Waals surface area contributed by atoms with Crippen LogP contribution < -0.4 is 10.2 Å². The van der Waals surface area contributed by atoms with E-state index < -0.39 is 0 Å². The summed E-state index contributed by atoms with van der Waals surface area (Å²) in [6, 6.07) is 5.24. The average molecular weight is 293 g/mol. The predicted octanol–water partition coefficient (Wildman–Crippen LogP) is 3.54. The topological polar surface area (TPSA) is 79.4 Å². The summed E-state index contributed by atoms with van der Waals surface area (Å²) >= 11 is 1.57. The maximum Gasteiger partial charge on any atom is 0.205 e. The van der Waals surface area contributed by atoms with Crippen LogP contribution in [-0.4, -0.2) is 21.5 Å². The molecular formula is C13H15N3O3S. The Hall–Kier alpha value is -1.96. The largest absolute Gasteiger partial charge is 0.325 e. The van der Waals surface area contributed by atoms with E-state index in [0.717, 1.165) is 16.8 Å². The standard InChI is InChI=1S/C13H15N3O3S/c1-8(2)10(7-20-3)15-13-14-9-5-4-6-11(18-19-17)12(9)16-13/h4-7,17H,1H2,2-3H3,(H2,14,15,16)/b10-7+. The lowest BCUT2D eigenvalue weighted by atomic mass is 10.3. The molecule has 0 atom stereocenters. The van der Waals surface area contributed by atoms with Crippen LogP contribution in [0.25, 0.3) is 11.0 Å². The molecule has 7 heteroatoms. The van der Waals surface area contributed by atoms with Crippen molar-refractivity contribution in [2.75, 3.05) is 11.6 Å². The summed E-state index contributed by atoms with van der Waals surface area (Å²) in [7, 11) is 0. The van der Waals surface area contributed by atoms with Gasteiger partial charge in [-0.3, -0.25) is 0 Å². The number of anilines is 1. The number of hydrogen-bond acceptors (Lipinski definition) is 6. The molecule has 6 nitrogen and oxygen atoms in total. The van der Waals surface area contributed by atoms with Gasteiger partial charge in [0, 0.05) is 5.70 Å². The number of imidazole rings is 1. The van der Waals surface area contributed by atoms with Crippen molar-refractivity contribution < 1.29 is 15.2 Å². The van der Waals surface area contributed by atoms with Gasteiger partial charge in [-0.05, 0) is 41.3 Å². The number of aromatic amines is 1. The zero-order valence-corrected chi connectivity index (χ0v) is 12.0. The molecule has 0 saturated carbocycles. The molecule has 0 spiro atoms. The Balaban J connectivity index is 2.34. The van der Waals surface area contributed by atoms with E-state index in [1.807, 2.05) is 24.7 Å². The molecule has 0 radical (unpaired) electrons. The second-order valence-corrected chi connectivity index (χ2v) is 4.78. The number of aromatic nitrogens is 2. The van der Waals surface area contributed by atoms with Crippen molar-refractivity contribution in [3.05, 3.63) is 41.5 Å². The Labute approximate surface area is 120 Å². The van der Waals surface area contributed by atoms with Gasteiger partial charge in [-0.2, -0.15) is 0 Å². The molecule has 1 heterocycles. The molecule has 1 aromatic carbocycles. The number of hydrogen-bond donors (Lipinski definition) is 3. The van der Waals surface area contributed by atoms with E-state index in [4.69, 9.17) is 5.26 Å². The highest BCUT2D eigenvalue weighted by atomic mass is 32.2. The molecule has 0 amide bonds. The molecule has 0 fully saturated rings. The number of para-hydroxylation sites is 1. The molecule has 3 N–H and O–H groups in total. The van der Waals surface area contributed by atoms with E-state index in [-0.39, 0.29) is 0 Å². The third-order valence-corrected chi connectivity index (χ3v) is 3.02. The van der Waals surface area contributed by atoms with Crippen molar-refractivity contribution in [1.29, 1.82) is 0 Å². The summed E-state index contributed by atoms with van der Waals surface area (Å²) < 4.78 is 0. The lowest BCUT2D eigenvalue weighted by molar-refractivity contribution is -0.438. The van der Waals surface area contributed by atoms with Crippen molar-refractivity contribution in [3.63, 3.8) is 0 Å². The molecule has 2 rings (SSSR count). The minimum atomic E-state index is 0.319. The van der Waals surface area contributed by atoms with Gasteiger partial charge in [0.05, 0.1) is 5.52 Å². The molecule has 0 saturated heterocycles. The van der Waals surface area contributed by atoms with Crippen molar-refractivity contribution in [2.24, 2.45) is 0 Å². The SMILES string of the molecule is C=C(C)/C(=C\SC)Nc1nc2c(OOO)cccc2[nH]1. The van der Waals surface area contributed by atoms with Crippen LogP contribution in [0.4, 0.5) is 5.95 Å². The van der Waals surface area contributed by atoms with Crippen LogP contribution in [0, 0.1) is 0 Å². The Kier molecular flexibility index (Phi) is 4.67. The lowest BCUT2D eigenvalue weighted by Crippen LogP contribution is -2.01. The number of allylic oxidation sites excluding steroid dienone is 1. The van der Waals surface area contributed by atoms with E-state index >= 15 is 0 Å². The summed E-state index contributed by atoms with van der Waals surface area (Å²) in [5, 5.41) is 17.2. The van der Waals surface area contributed by atoms with Crippen LogP contribution in [0.5, 0.6) is 5.75 Å². The van der Waals surface area contributed by atoms with Crippen LogP contribution in [0.1, 0.15) is 6.92 Å². The van der Waals surface area contributed by atoms with E-state index in [1.54, 1.807) is 23.9 Å². The Morgan fingerprint density at radius 2 is 2.35 bits per heavy atom. The van der Waals surface area contributed by atoms with Crippen LogP contribution in [0.2, 0.25) is 0 Å². The third kappa shape index (κ3) is 3.13. The monoisotopic (exact) mass is 293 g/mol. The molecule has 0 aliphatic heterocycles. The van der Waals surface area contributed by atoms with Crippen LogP contribution in [0.3, 0.4) is 0 Å². The number of H-pyrrole nitrogens is 1. The fraction of sp³-hybridized carbons (Fsp3) is 0.154. The summed E-state index contributed by atoms with van der Waals surface area (Å²) in [6.07, 6.45) is 1.97. The van der Waals surface area contributed by atoms with Crippen molar-refractivity contribution in [2.45, 2.75) is 6.92 Å². The summed E-state index contributed by atoms with van der Waals surface area (Å²) in [5.41, 5.74) is 3.08. The van der Waals surface area contributed by atoms with Gasteiger partial charge in [0.25, 0.3) is 0 Å². The second kappa shape index (κ2) is 6.47. The molecule has 2 aromatic rings. The highest BCUT2D eigenvalue weighted by molar-refractivity contribution is 8.01. The Bertz CT molecular complexity index is 651. The summed E-state index contributed by atoms with van der Waals surface area (Å²) in [4.78, 5) is 12.1. The molecule has 0 unspecified atom stereocenters. The van der Waals surface area contributed by atoms with E-state index in [9.17, 15) is 0 Å². The lowest BCUT2D eigenvalue weighted by Gasteiger charge is -2.07. The molecule has 1 aromatic heterocycles. The van der Waals surface area contributed by atoms with Gasteiger partial charge >= 0.3 is 0 Å². The zero-order valence-electron chi connectivity index (χ0n) is 11.1. The number of benzene rings is 1. The van der Waals surface area contributed by atoms with Gasteiger partial charge in [0.1, 0.15) is 5.52 Å². The number of fused-ring (bicyclic) bond motifs is 1. The fourth-order valence-electron chi connectivity index (χ4n) is 1.65. The van der Waals surface area contributed by atoms with E-state index in [0.29, 0.717) is 17.2 Å². The number of thioether (sulfide) groups is 1. The Morgan fingerprint density at radius 3 is 3.00 bits per heavy atom. The van der Waals surface area contributed by atoms with Crippen molar-refractivity contribution in [3.8, 4) is 5.75 Å². The van der Waals surface area contributed by atoms with E-state index in [1.165, 1.54) is 0 Å². The first kappa shape index (κ1) is 14.4. The van der Waals surface area contributed by atoms with Gasteiger partial charge in [0.2, 0.25) is 5.95 Å². The molecule has 0 aliphatic carbocycles. The summed E-state index contributed by atoms with van der Waals surface area (Å²) in [5.74, 6) is 0.873. The van der Waals surface area contributed by atoms with E-state index in [2.05, 4.69) is 31.8 Å². The smallest absolute Gasteiger partial charge is 0.205 e. The Morgan fingerprint density at radius 1 is 1.55 bits per heavy atom. The fourth-order valence-corrected chi connectivity index (χ4v) is 2.15. The first-order valence-corrected chi connectivity index (χ1v) is 7.07. The zero-order chi connectivity index (χ0) is 14.5. The van der Waals surface area contributed by atoms with Crippen molar-refractivity contribution >= 4 is 28.7 Å². The minimum Gasteiger partial charge on any atom is -0.325 e. The quantitative estimate of drug-likeness (QED) is 0.429. The molecular weight excluding hydrogens is 278 g/mol. The first-order valence-electron chi connectivity index (χ1n) is 5.78. The maximum atomic E-state index is 8.37. The second-order valence-electron chi connectivity index (χ2n) is 4.07. The van der Waals surface area contributed by atoms with Gasteiger partial charge in [-0.1, -0.05) is 12.6 Å². The third-order valence-electron chi connectivity index (χ3n) is 2.55. The van der Waals surface area contributed by atoms with Gasteiger partial charge in [-0.15, -0.1) is 11.8 Å². The minimum absolute atomic E-state index is 0.319. The first-order chi connectivity index (χ1) is 9.65. The summed E-state index contributed by atoms with van der Waals surface area (Å²) in [6.45, 7) is 5.82. The van der Waals surface area contributed by atoms with Gasteiger partial charge in [0.15, 0.2) is 5.75 Å². The predicted molar refractivity (Wildman–Crippen MR) is 80.5 cm³/mol. The molecule has 20 heavy (non-hydrogen) atoms.